The van der Waals surface area contributed by atoms with Crippen molar-refractivity contribution in [2.75, 3.05) is 53.6 Å². The zero-order valence-electron chi connectivity index (χ0n) is 9.46. The Morgan fingerprint density at radius 3 is 2.64 bits per heavy atom. The third kappa shape index (κ3) is 9.92. The third-order valence-corrected chi connectivity index (χ3v) is 2.10. The van der Waals surface area contributed by atoms with Crippen molar-refractivity contribution in [3.8, 4) is 0 Å². The zero-order chi connectivity index (χ0) is 10.6. The average Bonchev–Trinajstić information content (AvgIpc) is 2.18. The molecule has 0 atom stereocenters. The van der Waals surface area contributed by atoms with E-state index in [1.54, 1.807) is 7.11 Å². The van der Waals surface area contributed by atoms with E-state index in [4.69, 9.17) is 9.84 Å². The predicted octanol–water partition coefficient (Wildman–Crippen LogP) is -0.0733. The highest BCUT2D eigenvalue weighted by Gasteiger charge is 1.96. The van der Waals surface area contributed by atoms with Crippen molar-refractivity contribution in [3.05, 3.63) is 0 Å². The Hall–Kier alpha value is -0.160. The molecule has 0 saturated heterocycles. The first kappa shape index (κ1) is 13.8. The van der Waals surface area contributed by atoms with Crippen LogP contribution in [0.15, 0.2) is 0 Å². The van der Waals surface area contributed by atoms with Gasteiger partial charge in [0.05, 0.1) is 6.61 Å². The molecule has 0 radical (unpaired) electrons. The highest BCUT2D eigenvalue weighted by Crippen LogP contribution is 1.90. The number of likely N-dealkylation sites (N-methyl/N-ethyl adjacent to an activating group) is 1. The number of ether oxygens (including phenoxy) is 1. The summed E-state index contributed by atoms with van der Waals surface area (Å²) >= 11 is 0. The molecule has 2 N–H and O–H groups in total. The molecule has 4 heteroatoms. The molecule has 0 bridgehead atoms. The summed E-state index contributed by atoms with van der Waals surface area (Å²) in [6.45, 7) is 5.11. The number of nitrogens with zero attached hydrogens (tertiary/aromatic N) is 1. The second-order valence-corrected chi connectivity index (χ2v) is 3.48. The number of unbranched alkanes of at least 4 members (excludes halogenated alkanes) is 1. The first-order valence-electron chi connectivity index (χ1n) is 5.30. The largest absolute Gasteiger partial charge is 0.396 e. The molecule has 4 nitrogen and oxygen atoms in total. The molecule has 0 unspecified atom stereocenters. The van der Waals surface area contributed by atoms with Crippen LogP contribution in [0.3, 0.4) is 0 Å². The first-order chi connectivity index (χ1) is 6.81. The molecule has 0 aromatic rings. The maximum atomic E-state index is 8.61. The second kappa shape index (κ2) is 10.9. The van der Waals surface area contributed by atoms with E-state index < -0.39 is 0 Å². The Kier molecular flexibility index (Phi) is 10.8. The van der Waals surface area contributed by atoms with Crippen molar-refractivity contribution in [1.82, 2.24) is 10.2 Å². The number of nitrogens with one attached hydrogen (secondary N) is 1. The molecular weight excluding hydrogens is 180 g/mol. The van der Waals surface area contributed by atoms with E-state index in [9.17, 15) is 0 Å². The highest BCUT2D eigenvalue weighted by molar-refractivity contribution is 4.54. The maximum Gasteiger partial charge on any atom is 0.0587 e. The van der Waals surface area contributed by atoms with Crippen LogP contribution in [0.4, 0.5) is 0 Å². The van der Waals surface area contributed by atoms with E-state index >= 15 is 0 Å². The molecule has 0 fully saturated rings. The molecule has 0 amide bonds. The van der Waals surface area contributed by atoms with Gasteiger partial charge in [-0.05, 0) is 26.4 Å². The fourth-order valence-electron chi connectivity index (χ4n) is 1.17. The van der Waals surface area contributed by atoms with Gasteiger partial charge in [-0.25, -0.2) is 0 Å². The van der Waals surface area contributed by atoms with Crippen LogP contribution in [-0.4, -0.2) is 63.6 Å². The smallest absolute Gasteiger partial charge is 0.0587 e. The SMILES string of the molecule is COCCNCCN(C)CCCCO. The molecule has 0 aliphatic carbocycles. The molecule has 0 aliphatic heterocycles. The van der Waals surface area contributed by atoms with E-state index in [0.717, 1.165) is 45.6 Å². The fraction of sp³-hybridized carbons (Fsp3) is 1.00. The van der Waals surface area contributed by atoms with Crippen molar-refractivity contribution >= 4 is 0 Å². The lowest BCUT2D eigenvalue weighted by molar-refractivity contribution is 0.197. The molecule has 0 heterocycles. The Morgan fingerprint density at radius 2 is 2.00 bits per heavy atom. The Labute approximate surface area is 87.2 Å². The lowest BCUT2D eigenvalue weighted by atomic mass is 10.3. The normalized spacial score (nSPS) is 11.1. The summed E-state index contributed by atoms with van der Waals surface area (Å²) in [6, 6.07) is 0. The summed E-state index contributed by atoms with van der Waals surface area (Å²) < 4.78 is 4.92. The van der Waals surface area contributed by atoms with Gasteiger partial charge in [0.15, 0.2) is 0 Å². The summed E-state index contributed by atoms with van der Waals surface area (Å²) in [5, 5.41) is 11.9. The van der Waals surface area contributed by atoms with E-state index in [1.165, 1.54) is 0 Å². The maximum absolute atomic E-state index is 8.61. The van der Waals surface area contributed by atoms with Crippen LogP contribution >= 0.6 is 0 Å². The Bertz CT molecular complexity index is 112. The van der Waals surface area contributed by atoms with Crippen LogP contribution < -0.4 is 5.32 Å². The monoisotopic (exact) mass is 204 g/mol. The Morgan fingerprint density at radius 1 is 1.21 bits per heavy atom. The number of aliphatic hydroxyl groups is 1. The van der Waals surface area contributed by atoms with Gasteiger partial charge in [-0.1, -0.05) is 0 Å². The molecule has 14 heavy (non-hydrogen) atoms. The van der Waals surface area contributed by atoms with Crippen LogP contribution in [-0.2, 0) is 4.74 Å². The van der Waals surface area contributed by atoms with Gasteiger partial charge >= 0.3 is 0 Å². The Balaban J connectivity index is 3.06. The summed E-state index contributed by atoms with van der Waals surface area (Å²) in [5.41, 5.74) is 0. The van der Waals surface area contributed by atoms with Crippen molar-refractivity contribution in [2.24, 2.45) is 0 Å². The van der Waals surface area contributed by atoms with E-state index in [-0.39, 0.29) is 0 Å². The fourth-order valence-corrected chi connectivity index (χ4v) is 1.17. The average molecular weight is 204 g/mol. The summed E-state index contributed by atoms with van der Waals surface area (Å²) in [6.07, 6.45) is 1.98. The predicted molar refractivity (Wildman–Crippen MR) is 58.6 cm³/mol. The summed E-state index contributed by atoms with van der Waals surface area (Å²) in [7, 11) is 3.82. The van der Waals surface area contributed by atoms with E-state index in [1.807, 2.05) is 0 Å². The number of rotatable bonds is 10. The minimum Gasteiger partial charge on any atom is -0.396 e. The van der Waals surface area contributed by atoms with Gasteiger partial charge < -0.3 is 20.1 Å². The van der Waals surface area contributed by atoms with Crippen LogP contribution in [0.25, 0.3) is 0 Å². The van der Waals surface area contributed by atoms with E-state index in [2.05, 4.69) is 17.3 Å². The van der Waals surface area contributed by atoms with Gasteiger partial charge in [0.25, 0.3) is 0 Å². The molecule has 0 aromatic carbocycles. The number of hydrogen-bond acceptors (Lipinski definition) is 4. The standard InChI is InChI=1S/C10H24N2O2/c1-12(7-3-4-9-13)8-5-11-6-10-14-2/h11,13H,3-10H2,1-2H3. The van der Waals surface area contributed by atoms with Gasteiger partial charge in [0, 0.05) is 33.4 Å². The topological polar surface area (TPSA) is 44.7 Å². The van der Waals surface area contributed by atoms with Crippen molar-refractivity contribution < 1.29 is 9.84 Å². The van der Waals surface area contributed by atoms with Gasteiger partial charge in [-0.15, -0.1) is 0 Å². The minimum atomic E-state index is 0.305. The summed E-state index contributed by atoms with van der Waals surface area (Å²) in [5.74, 6) is 0. The molecular formula is C10H24N2O2. The highest BCUT2D eigenvalue weighted by atomic mass is 16.5. The van der Waals surface area contributed by atoms with Crippen LogP contribution in [0.5, 0.6) is 0 Å². The van der Waals surface area contributed by atoms with Gasteiger partial charge in [-0.2, -0.15) is 0 Å². The first-order valence-corrected chi connectivity index (χ1v) is 5.30. The lowest BCUT2D eigenvalue weighted by Gasteiger charge is -2.16. The number of methoxy groups -OCH3 is 1. The molecule has 0 rings (SSSR count). The molecule has 0 spiro atoms. The molecule has 86 valence electrons. The quantitative estimate of drug-likeness (QED) is 0.489. The van der Waals surface area contributed by atoms with Crippen molar-refractivity contribution in [1.29, 1.82) is 0 Å². The third-order valence-electron chi connectivity index (χ3n) is 2.10. The van der Waals surface area contributed by atoms with Crippen LogP contribution in [0, 0.1) is 0 Å². The van der Waals surface area contributed by atoms with Gasteiger partial charge in [-0.3, -0.25) is 0 Å². The molecule has 0 aromatic heterocycles. The van der Waals surface area contributed by atoms with Crippen molar-refractivity contribution in [2.45, 2.75) is 12.8 Å². The number of aliphatic hydroxyl groups excluding tert-OH is 1. The van der Waals surface area contributed by atoms with Crippen LogP contribution in [0.2, 0.25) is 0 Å². The summed E-state index contributed by atoms with van der Waals surface area (Å²) in [4.78, 5) is 2.27. The zero-order valence-corrected chi connectivity index (χ0v) is 9.46. The van der Waals surface area contributed by atoms with Crippen molar-refractivity contribution in [3.63, 3.8) is 0 Å². The second-order valence-electron chi connectivity index (χ2n) is 3.48. The van der Waals surface area contributed by atoms with Gasteiger partial charge in [0.1, 0.15) is 0 Å². The molecule has 0 aliphatic rings. The lowest BCUT2D eigenvalue weighted by Crippen LogP contribution is -2.31. The van der Waals surface area contributed by atoms with Gasteiger partial charge in [0.2, 0.25) is 0 Å². The molecule has 0 saturated carbocycles. The minimum absolute atomic E-state index is 0.305. The van der Waals surface area contributed by atoms with E-state index in [0.29, 0.717) is 6.61 Å². The number of hydrogen-bond donors (Lipinski definition) is 2. The van der Waals surface area contributed by atoms with Crippen LogP contribution in [0.1, 0.15) is 12.8 Å².